The number of piperidine rings is 1. The Morgan fingerprint density at radius 3 is 2.55 bits per heavy atom. The molecule has 1 heterocycles. The maximum Gasteiger partial charge on any atom is 0.308 e. The lowest BCUT2D eigenvalue weighted by atomic mass is 9.97. The summed E-state index contributed by atoms with van der Waals surface area (Å²) in [6, 6.07) is 0. The molecule has 1 fully saturated rings. The first kappa shape index (κ1) is 18.7. The Bertz CT molecular complexity index is 342. The van der Waals surface area contributed by atoms with Gasteiger partial charge in [-0.25, -0.2) is 0 Å². The molecule has 7 nitrogen and oxygen atoms in total. The average molecular weight is 315 g/mol. The highest BCUT2D eigenvalue weighted by molar-refractivity contribution is 5.80. The maximum atomic E-state index is 11.5. The summed E-state index contributed by atoms with van der Waals surface area (Å²) in [6.45, 7) is 4.43. The van der Waals surface area contributed by atoms with Crippen molar-refractivity contribution in [1.82, 2.24) is 10.2 Å². The fraction of sp³-hybridized carbons (Fsp3) is 0.867. The van der Waals surface area contributed by atoms with Crippen LogP contribution in [0, 0.1) is 5.92 Å². The fourth-order valence-electron chi connectivity index (χ4n) is 2.44. The average Bonchev–Trinajstić information content (AvgIpc) is 2.57. The molecular weight excluding hydrogens is 286 g/mol. The first-order chi connectivity index (χ1) is 10.7. The number of nitrogens with one attached hydrogen (secondary N) is 1. The Labute approximate surface area is 133 Å². The predicted molar refractivity (Wildman–Crippen MR) is 85.0 cm³/mol. The van der Waals surface area contributed by atoms with Gasteiger partial charge in [-0.3, -0.25) is 9.79 Å². The van der Waals surface area contributed by atoms with Crippen LogP contribution in [0.3, 0.4) is 0 Å². The Kier molecular flexibility index (Phi) is 9.57. The predicted octanol–water partition coefficient (Wildman–Crippen LogP) is 0.500. The van der Waals surface area contributed by atoms with Gasteiger partial charge in [0.05, 0.1) is 26.2 Å². The molecule has 1 saturated heterocycles. The van der Waals surface area contributed by atoms with Crippen molar-refractivity contribution in [2.75, 3.05) is 60.7 Å². The number of esters is 1. The number of aliphatic imine (C=N–C) groups is 1. The lowest BCUT2D eigenvalue weighted by molar-refractivity contribution is -0.146. The number of rotatable bonds is 8. The van der Waals surface area contributed by atoms with E-state index in [0.717, 1.165) is 44.9 Å². The van der Waals surface area contributed by atoms with Crippen LogP contribution in [-0.2, 0) is 19.0 Å². The Morgan fingerprint density at radius 2 is 1.95 bits per heavy atom. The molecule has 0 atom stereocenters. The SMILES string of the molecule is CN=C(NCCCOCCOC)N1CCC(C(=O)OC)CC1. The van der Waals surface area contributed by atoms with Crippen LogP contribution >= 0.6 is 0 Å². The van der Waals surface area contributed by atoms with Crippen LogP contribution in [0.5, 0.6) is 0 Å². The zero-order chi connectivity index (χ0) is 16.2. The van der Waals surface area contributed by atoms with E-state index in [-0.39, 0.29) is 11.9 Å². The van der Waals surface area contributed by atoms with E-state index in [2.05, 4.69) is 15.2 Å². The number of likely N-dealkylation sites (tertiary alicyclic amines) is 1. The second-order valence-corrected chi connectivity index (χ2v) is 5.22. The second kappa shape index (κ2) is 11.3. The standard InChI is InChI=1S/C15H29N3O4/c1-16-15(17-7-4-10-22-12-11-20-2)18-8-5-13(6-9-18)14(19)21-3/h13H,4-12H2,1-3H3,(H,16,17). The topological polar surface area (TPSA) is 72.4 Å². The summed E-state index contributed by atoms with van der Waals surface area (Å²) in [5, 5.41) is 3.34. The third kappa shape index (κ3) is 6.62. The van der Waals surface area contributed by atoms with Crippen LogP contribution in [0.15, 0.2) is 4.99 Å². The Balaban J connectivity index is 2.19. The van der Waals surface area contributed by atoms with Crippen molar-refractivity contribution in [2.45, 2.75) is 19.3 Å². The maximum absolute atomic E-state index is 11.5. The van der Waals surface area contributed by atoms with E-state index >= 15 is 0 Å². The fourth-order valence-corrected chi connectivity index (χ4v) is 2.44. The van der Waals surface area contributed by atoms with Crippen LogP contribution < -0.4 is 5.32 Å². The highest BCUT2D eigenvalue weighted by Gasteiger charge is 2.26. The molecule has 0 saturated carbocycles. The first-order valence-electron chi connectivity index (χ1n) is 7.83. The van der Waals surface area contributed by atoms with Gasteiger partial charge in [0, 0.05) is 40.4 Å². The molecule has 0 spiro atoms. The van der Waals surface area contributed by atoms with Crippen molar-refractivity contribution in [1.29, 1.82) is 0 Å². The Hall–Kier alpha value is -1.34. The monoisotopic (exact) mass is 315 g/mol. The van der Waals surface area contributed by atoms with Gasteiger partial charge < -0.3 is 24.4 Å². The molecule has 0 unspecified atom stereocenters. The van der Waals surface area contributed by atoms with Crippen molar-refractivity contribution in [3.8, 4) is 0 Å². The van der Waals surface area contributed by atoms with E-state index in [9.17, 15) is 4.79 Å². The smallest absolute Gasteiger partial charge is 0.308 e. The molecule has 0 aromatic rings. The van der Waals surface area contributed by atoms with Crippen LogP contribution in [-0.4, -0.2) is 77.6 Å². The summed E-state index contributed by atoms with van der Waals surface area (Å²) in [5.41, 5.74) is 0. The van der Waals surface area contributed by atoms with Gasteiger partial charge in [0.15, 0.2) is 5.96 Å². The number of hydrogen-bond acceptors (Lipinski definition) is 5. The quantitative estimate of drug-likeness (QED) is 0.304. The number of carbonyl (C=O) groups is 1. The van der Waals surface area contributed by atoms with E-state index in [0.29, 0.717) is 19.8 Å². The minimum absolute atomic E-state index is 0.0218. The molecule has 22 heavy (non-hydrogen) atoms. The van der Waals surface area contributed by atoms with Gasteiger partial charge in [0.1, 0.15) is 0 Å². The molecule has 1 aliphatic rings. The summed E-state index contributed by atoms with van der Waals surface area (Å²) in [7, 11) is 4.89. The number of carbonyl (C=O) groups excluding carboxylic acids is 1. The minimum Gasteiger partial charge on any atom is -0.469 e. The molecule has 0 radical (unpaired) electrons. The third-order valence-electron chi connectivity index (χ3n) is 3.72. The van der Waals surface area contributed by atoms with Crippen molar-refractivity contribution in [2.24, 2.45) is 10.9 Å². The van der Waals surface area contributed by atoms with Crippen molar-refractivity contribution >= 4 is 11.9 Å². The van der Waals surface area contributed by atoms with Gasteiger partial charge in [-0.15, -0.1) is 0 Å². The molecule has 1 N–H and O–H groups in total. The number of nitrogens with zero attached hydrogens (tertiary/aromatic N) is 2. The normalized spacial score (nSPS) is 16.7. The van der Waals surface area contributed by atoms with E-state index in [4.69, 9.17) is 14.2 Å². The largest absolute Gasteiger partial charge is 0.469 e. The molecule has 0 amide bonds. The van der Waals surface area contributed by atoms with Crippen LogP contribution in [0.25, 0.3) is 0 Å². The molecule has 0 bridgehead atoms. The number of methoxy groups -OCH3 is 2. The summed E-state index contributed by atoms with van der Waals surface area (Å²) >= 11 is 0. The van der Waals surface area contributed by atoms with Gasteiger partial charge in [-0.2, -0.15) is 0 Å². The van der Waals surface area contributed by atoms with E-state index < -0.39 is 0 Å². The molecular formula is C15H29N3O4. The molecule has 7 heteroatoms. The second-order valence-electron chi connectivity index (χ2n) is 5.22. The van der Waals surface area contributed by atoms with Gasteiger partial charge >= 0.3 is 5.97 Å². The van der Waals surface area contributed by atoms with E-state index in [1.807, 2.05) is 0 Å². The molecule has 1 rings (SSSR count). The molecule has 0 aliphatic carbocycles. The molecule has 1 aliphatic heterocycles. The van der Waals surface area contributed by atoms with E-state index in [1.165, 1.54) is 7.11 Å². The van der Waals surface area contributed by atoms with Crippen LogP contribution in [0.1, 0.15) is 19.3 Å². The highest BCUT2D eigenvalue weighted by Crippen LogP contribution is 2.18. The zero-order valence-electron chi connectivity index (χ0n) is 14.0. The molecule has 0 aromatic heterocycles. The van der Waals surface area contributed by atoms with E-state index in [1.54, 1.807) is 14.2 Å². The van der Waals surface area contributed by atoms with Crippen LogP contribution in [0.4, 0.5) is 0 Å². The van der Waals surface area contributed by atoms with Crippen molar-refractivity contribution < 1.29 is 19.0 Å². The lowest BCUT2D eigenvalue weighted by Gasteiger charge is -2.33. The minimum atomic E-state index is -0.101. The Morgan fingerprint density at radius 1 is 1.23 bits per heavy atom. The van der Waals surface area contributed by atoms with Crippen molar-refractivity contribution in [3.05, 3.63) is 0 Å². The highest BCUT2D eigenvalue weighted by atomic mass is 16.5. The van der Waals surface area contributed by atoms with Crippen molar-refractivity contribution in [3.63, 3.8) is 0 Å². The van der Waals surface area contributed by atoms with Crippen LogP contribution in [0.2, 0.25) is 0 Å². The molecule has 0 aromatic carbocycles. The summed E-state index contributed by atoms with van der Waals surface area (Å²) < 4.78 is 15.1. The summed E-state index contributed by atoms with van der Waals surface area (Å²) in [4.78, 5) is 18.0. The first-order valence-corrected chi connectivity index (χ1v) is 7.83. The zero-order valence-corrected chi connectivity index (χ0v) is 14.0. The number of ether oxygens (including phenoxy) is 3. The van der Waals surface area contributed by atoms with Gasteiger partial charge in [0.25, 0.3) is 0 Å². The lowest BCUT2D eigenvalue weighted by Crippen LogP contribution is -2.47. The summed E-state index contributed by atoms with van der Waals surface area (Å²) in [5.74, 6) is 0.810. The molecule has 128 valence electrons. The number of guanidine groups is 1. The van der Waals surface area contributed by atoms with Gasteiger partial charge in [0.2, 0.25) is 0 Å². The number of hydrogen-bond donors (Lipinski definition) is 1. The summed E-state index contributed by atoms with van der Waals surface area (Å²) in [6.07, 6.45) is 2.54. The third-order valence-corrected chi connectivity index (χ3v) is 3.72. The van der Waals surface area contributed by atoms with Gasteiger partial charge in [-0.05, 0) is 19.3 Å². The van der Waals surface area contributed by atoms with Gasteiger partial charge in [-0.1, -0.05) is 0 Å².